The van der Waals surface area contributed by atoms with Gasteiger partial charge in [0.25, 0.3) is 5.56 Å². The molecular formula is C29H22ClN2O6S-. The number of rotatable bonds is 6. The predicted molar refractivity (Wildman–Crippen MR) is 145 cm³/mol. The van der Waals surface area contributed by atoms with Crippen molar-refractivity contribution < 1.29 is 23.8 Å². The van der Waals surface area contributed by atoms with Crippen LogP contribution in [0.25, 0.3) is 17.4 Å². The van der Waals surface area contributed by atoms with Crippen LogP contribution in [-0.2, 0) is 9.53 Å². The van der Waals surface area contributed by atoms with Crippen molar-refractivity contribution in [1.82, 2.24) is 4.57 Å². The van der Waals surface area contributed by atoms with Gasteiger partial charge in [0.2, 0.25) is 0 Å². The highest BCUT2D eigenvalue weighted by atomic mass is 35.5. The van der Waals surface area contributed by atoms with Gasteiger partial charge in [-0.25, -0.2) is 9.79 Å². The fourth-order valence-corrected chi connectivity index (χ4v) is 5.69. The molecule has 39 heavy (non-hydrogen) atoms. The minimum Gasteiger partial charge on any atom is -0.545 e. The van der Waals surface area contributed by atoms with Crippen LogP contribution in [0.5, 0.6) is 0 Å². The number of halogens is 1. The number of aromatic carboxylic acids is 1. The van der Waals surface area contributed by atoms with Crippen molar-refractivity contribution in [2.45, 2.75) is 26.8 Å². The fourth-order valence-electron chi connectivity index (χ4n) is 4.40. The molecule has 3 heterocycles. The lowest BCUT2D eigenvalue weighted by Gasteiger charge is -2.24. The van der Waals surface area contributed by atoms with Crippen molar-refractivity contribution in [1.29, 1.82) is 0 Å². The van der Waals surface area contributed by atoms with E-state index in [1.165, 1.54) is 28.0 Å². The molecule has 0 saturated carbocycles. The number of hydrogen-bond acceptors (Lipinski definition) is 8. The van der Waals surface area contributed by atoms with E-state index >= 15 is 0 Å². The summed E-state index contributed by atoms with van der Waals surface area (Å²) in [6.07, 6.45) is 1.61. The van der Waals surface area contributed by atoms with Gasteiger partial charge < -0.3 is 19.1 Å². The van der Waals surface area contributed by atoms with E-state index in [0.29, 0.717) is 37.7 Å². The molecule has 1 aliphatic rings. The number of carboxylic acid groups (broad SMARTS) is 1. The maximum Gasteiger partial charge on any atom is 0.338 e. The summed E-state index contributed by atoms with van der Waals surface area (Å²) in [6.45, 7) is 5.63. The number of carbonyl (C=O) groups is 2. The van der Waals surface area contributed by atoms with Crippen molar-refractivity contribution in [2.75, 3.05) is 6.61 Å². The maximum absolute atomic E-state index is 13.7. The third-order valence-electron chi connectivity index (χ3n) is 6.28. The number of fused-ring (bicyclic) bond motifs is 1. The van der Waals surface area contributed by atoms with E-state index in [4.69, 9.17) is 20.8 Å². The Morgan fingerprint density at radius 1 is 1.15 bits per heavy atom. The number of ether oxygens (including phenoxy) is 1. The number of nitrogens with zero attached hydrogens (tertiary/aromatic N) is 2. The van der Waals surface area contributed by atoms with Gasteiger partial charge in [-0.3, -0.25) is 9.36 Å². The molecule has 0 aliphatic carbocycles. The van der Waals surface area contributed by atoms with Crippen LogP contribution in [0, 0.1) is 6.92 Å². The number of aromatic nitrogens is 1. The van der Waals surface area contributed by atoms with Crippen LogP contribution in [0.1, 0.15) is 47.1 Å². The average Bonchev–Trinajstić information content (AvgIpc) is 3.48. The number of furan rings is 1. The first-order chi connectivity index (χ1) is 18.7. The summed E-state index contributed by atoms with van der Waals surface area (Å²) in [5.74, 6) is -1.03. The highest BCUT2D eigenvalue weighted by molar-refractivity contribution is 7.07. The van der Waals surface area contributed by atoms with E-state index in [1.807, 2.05) is 31.2 Å². The Kier molecular flexibility index (Phi) is 7.12. The molecule has 198 valence electrons. The maximum atomic E-state index is 13.7. The molecule has 0 amide bonds. The van der Waals surface area contributed by atoms with Crippen LogP contribution >= 0.6 is 22.9 Å². The standard InChI is InChI=1S/C29H23ClN2O6S/c1-4-37-28(36)24-16(3)31-29-32(25(24)17-7-5-15(2)6-8-17)26(33)23(39-29)14-19-10-12-22(38-19)18-9-11-20(27(34)35)21(30)13-18/h5-14,25H,4H2,1-3H3,(H,34,35)/p-1/b23-14-/t25-/m0/s1. The third-order valence-corrected chi connectivity index (χ3v) is 7.58. The summed E-state index contributed by atoms with van der Waals surface area (Å²) in [4.78, 5) is 42.9. The molecule has 0 fully saturated rings. The largest absolute Gasteiger partial charge is 0.545 e. The van der Waals surface area contributed by atoms with Crippen molar-refractivity contribution in [2.24, 2.45) is 4.99 Å². The first-order valence-electron chi connectivity index (χ1n) is 12.0. The van der Waals surface area contributed by atoms with E-state index in [1.54, 1.807) is 38.1 Å². The van der Waals surface area contributed by atoms with E-state index in [2.05, 4.69) is 4.99 Å². The zero-order valence-electron chi connectivity index (χ0n) is 21.2. The zero-order valence-corrected chi connectivity index (χ0v) is 22.8. The lowest BCUT2D eigenvalue weighted by atomic mass is 9.95. The molecular weight excluding hydrogens is 540 g/mol. The summed E-state index contributed by atoms with van der Waals surface area (Å²) in [5, 5.41) is 11.2. The van der Waals surface area contributed by atoms with Gasteiger partial charge in [0.05, 0.1) is 39.4 Å². The van der Waals surface area contributed by atoms with Crippen molar-refractivity contribution in [3.63, 3.8) is 0 Å². The number of aryl methyl sites for hydroxylation is 1. The Morgan fingerprint density at radius 3 is 2.56 bits per heavy atom. The Hall–Kier alpha value is -4.21. The second-order valence-corrected chi connectivity index (χ2v) is 10.3. The molecule has 8 nitrogen and oxygen atoms in total. The van der Waals surface area contributed by atoms with Gasteiger partial charge in [0.15, 0.2) is 4.80 Å². The summed E-state index contributed by atoms with van der Waals surface area (Å²) < 4.78 is 13.1. The second kappa shape index (κ2) is 10.5. The van der Waals surface area contributed by atoms with E-state index in [-0.39, 0.29) is 22.8 Å². The lowest BCUT2D eigenvalue weighted by molar-refractivity contribution is -0.255. The third kappa shape index (κ3) is 4.98. The Labute approximate surface area is 231 Å². The van der Waals surface area contributed by atoms with Gasteiger partial charge in [-0.1, -0.05) is 64.9 Å². The van der Waals surface area contributed by atoms with Crippen LogP contribution < -0.4 is 20.0 Å². The second-order valence-electron chi connectivity index (χ2n) is 8.90. The topological polar surface area (TPSA) is 114 Å². The summed E-state index contributed by atoms with van der Waals surface area (Å²) >= 11 is 7.26. The predicted octanol–water partition coefficient (Wildman–Crippen LogP) is 3.38. The van der Waals surface area contributed by atoms with Gasteiger partial charge in [-0.15, -0.1) is 0 Å². The smallest absolute Gasteiger partial charge is 0.338 e. The number of thiazole rings is 1. The molecule has 1 aliphatic heterocycles. The minimum absolute atomic E-state index is 0.0302. The van der Waals surface area contributed by atoms with E-state index in [9.17, 15) is 19.5 Å². The number of carbonyl (C=O) groups excluding carboxylic acids is 2. The molecule has 2 aromatic heterocycles. The highest BCUT2D eigenvalue weighted by Crippen LogP contribution is 2.31. The zero-order chi connectivity index (χ0) is 27.8. The summed E-state index contributed by atoms with van der Waals surface area (Å²) in [6, 6.07) is 14.7. The fraction of sp³-hybridized carbons (Fsp3) is 0.172. The molecule has 0 spiro atoms. The molecule has 0 radical (unpaired) electrons. The first kappa shape index (κ1) is 26.4. The van der Waals surface area contributed by atoms with Crippen LogP contribution in [0.3, 0.4) is 0 Å². The van der Waals surface area contributed by atoms with Crippen molar-refractivity contribution in [3.05, 3.63) is 113 Å². The average molecular weight is 562 g/mol. The van der Waals surface area contributed by atoms with Crippen LogP contribution in [0.4, 0.5) is 0 Å². The van der Waals surface area contributed by atoms with Gasteiger partial charge in [-0.2, -0.15) is 0 Å². The quantitative estimate of drug-likeness (QED) is 0.333. The molecule has 0 unspecified atom stereocenters. The molecule has 1 atom stereocenters. The van der Waals surface area contributed by atoms with Gasteiger partial charge in [0, 0.05) is 17.2 Å². The molecule has 10 heteroatoms. The number of benzene rings is 2. The molecule has 0 bridgehead atoms. The number of hydrogen-bond donors (Lipinski definition) is 0. The van der Waals surface area contributed by atoms with Crippen molar-refractivity contribution >= 4 is 41.0 Å². The Bertz CT molecular complexity index is 1830. The normalized spacial score (nSPS) is 15.2. The molecule has 5 rings (SSSR count). The van der Waals surface area contributed by atoms with Crippen LogP contribution in [0.2, 0.25) is 5.02 Å². The van der Waals surface area contributed by atoms with Gasteiger partial charge in [0.1, 0.15) is 11.5 Å². The first-order valence-corrected chi connectivity index (χ1v) is 13.2. The van der Waals surface area contributed by atoms with E-state index in [0.717, 1.165) is 11.1 Å². The van der Waals surface area contributed by atoms with Crippen molar-refractivity contribution in [3.8, 4) is 11.3 Å². The van der Waals surface area contributed by atoms with Crippen LogP contribution in [-0.4, -0.2) is 23.1 Å². The lowest BCUT2D eigenvalue weighted by Crippen LogP contribution is -2.39. The summed E-state index contributed by atoms with van der Waals surface area (Å²) in [7, 11) is 0. The summed E-state index contributed by atoms with van der Waals surface area (Å²) in [5.41, 5.74) is 2.75. The minimum atomic E-state index is -1.37. The van der Waals surface area contributed by atoms with E-state index < -0.39 is 18.0 Å². The number of allylic oxidation sites excluding steroid dienone is 1. The van der Waals surface area contributed by atoms with Gasteiger partial charge >= 0.3 is 5.97 Å². The molecule has 0 N–H and O–H groups in total. The monoisotopic (exact) mass is 561 g/mol. The van der Waals surface area contributed by atoms with Crippen LogP contribution in [0.15, 0.2) is 80.1 Å². The molecule has 4 aromatic rings. The number of esters is 1. The molecule has 0 saturated heterocycles. The Morgan fingerprint density at radius 2 is 1.90 bits per heavy atom. The number of carboxylic acids is 1. The highest BCUT2D eigenvalue weighted by Gasteiger charge is 2.33. The SMILES string of the molecule is CCOC(=O)C1=C(C)N=c2s/c(=C\c3ccc(-c4ccc(C(=O)[O-])c(Cl)c4)o3)c(=O)n2[C@H]1c1ccc(C)cc1. The molecule has 2 aromatic carbocycles. The van der Waals surface area contributed by atoms with Gasteiger partial charge in [-0.05, 0) is 44.5 Å². The Balaban J connectivity index is 1.60.